The van der Waals surface area contributed by atoms with Crippen LogP contribution >= 0.6 is 0 Å². The zero-order chi connectivity index (χ0) is 13.7. The fourth-order valence-electron chi connectivity index (χ4n) is 2.75. The van der Waals surface area contributed by atoms with E-state index in [1.165, 1.54) is 12.0 Å². The molecule has 1 saturated heterocycles. The minimum Gasteiger partial charge on any atom is -0.497 e. The van der Waals surface area contributed by atoms with Crippen LogP contribution in [-0.2, 0) is 4.79 Å². The van der Waals surface area contributed by atoms with Crippen LogP contribution in [0, 0.1) is 0 Å². The lowest BCUT2D eigenvalue weighted by Gasteiger charge is -2.24. The largest absolute Gasteiger partial charge is 0.497 e. The maximum Gasteiger partial charge on any atom is 0.303 e. The van der Waals surface area contributed by atoms with Crippen molar-refractivity contribution >= 4 is 5.97 Å². The molecule has 1 heterocycles. The molecule has 0 aromatic heterocycles. The standard InChI is InChI=1S/C15H21NO3/c1-19-13-6-2-5-12(11-13)14-7-3-9-16(14)10-4-8-15(17)18/h2,5-6,11,14H,3-4,7-10H2,1H3,(H,17,18)/t14-/m0/s1. The van der Waals surface area contributed by atoms with E-state index < -0.39 is 5.97 Å². The highest BCUT2D eigenvalue weighted by atomic mass is 16.5. The van der Waals surface area contributed by atoms with E-state index >= 15 is 0 Å². The Morgan fingerprint density at radius 1 is 1.53 bits per heavy atom. The molecule has 1 aliphatic heterocycles. The van der Waals surface area contributed by atoms with Gasteiger partial charge >= 0.3 is 5.97 Å². The van der Waals surface area contributed by atoms with Gasteiger partial charge in [-0.25, -0.2) is 0 Å². The monoisotopic (exact) mass is 263 g/mol. The molecular weight excluding hydrogens is 242 g/mol. The summed E-state index contributed by atoms with van der Waals surface area (Å²) in [5.74, 6) is 0.173. The molecule has 1 fully saturated rings. The number of benzene rings is 1. The summed E-state index contributed by atoms with van der Waals surface area (Å²) in [6, 6.07) is 8.58. The van der Waals surface area contributed by atoms with Gasteiger partial charge in [-0.15, -0.1) is 0 Å². The fourth-order valence-corrected chi connectivity index (χ4v) is 2.75. The van der Waals surface area contributed by atoms with E-state index in [-0.39, 0.29) is 6.42 Å². The lowest BCUT2D eigenvalue weighted by molar-refractivity contribution is -0.137. The van der Waals surface area contributed by atoms with Gasteiger partial charge in [0.1, 0.15) is 5.75 Å². The van der Waals surface area contributed by atoms with E-state index in [1.54, 1.807) is 7.11 Å². The van der Waals surface area contributed by atoms with Gasteiger partial charge in [-0.1, -0.05) is 12.1 Å². The number of methoxy groups -OCH3 is 1. The van der Waals surface area contributed by atoms with Crippen molar-refractivity contribution in [3.05, 3.63) is 29.8 Å². The average Bonchev–Trinajstić information content (AvgIpc) is 2.87. The Morgan fingerprint density at radius 2 is 2.37 bits per heavy atom. The van der Waals surface area contributed by atoms with Crippen LogP contribution in [0.2, 0.25) is 0 Å². The molecule has 19 heavy (non-hydrogen) atoms. The van der Waals surface area contributed by atoms with Gasteiger partial charge in [-0.3, -0.25) is 9.69 Å². The smallest absolute Gasteiger partial charge is 0.303 e. The Morgan fingerprint density at radius 3 is 3.11 bits per heavy atom. The van der Waals surface area contributed by atoms with Crippen molar-refractivity contribution in [3.63, 3.8) is 0 Å². The highest BCUT2D eigenvalue weighted by molar-refractivity contribution is 5.66. The Labute approximate surface area is 114 Å². The molecule has 0 aliphatic carbocycles. The van der Waals surface area contributed by atoms with E-state index in [2.05, 4.69) is 17.0 Å². The van der Waals surface area contributed by atoms with Gasteiger partial charge in [0.2, 0.25) is 0 Å². The number of nitrogens with zero attached hydrogens (tertiary/aromatic N) is 1. The summed E-state index contributed by atoms with van der Waals surface area (Å²) in [5, 5.41) is 8.70. The molecule has 0 spiro atoms. The molecule has 104 valence electrons. The van der Waals surface area contributed by atoms with E-state index in [1.807, 2.05) is 12.1 Å². The average molecular weight is 263 g/mol. The third-order valence-electron chi connectivity index (χ3n) is 3.68. The molecule has 0 unspecified atom stereocenters. The van der Waals surface area contributed by atoms with E-state index in [9.17, 15) is 4.79 Å². The maximum absolute atomic E-state index is 10.6. The van der Waals surface area contributed by atoms with Crippen LogP contribution < -0.4 is 4.74 Å². The van der Waals surface area contributed by atoms with Gasteiger partial charge in [0, 0.05) is 12.5 Å². The van der Waals surface area contributed by atoms with E-state index in [0.717, 1.165) is 31.7 Å². The maximum atomic E-state index is 10.6. The zero-order valence-electron chi connectivity index (χ0n) is 11.3. The predicted molar refractivity (Wildman–Crippen MR) is 73.4 cm³/mol. The number of hydrogen-bond acceptors (Lipinski definition) is 3. The summed E-state index contributed by atoms with van der Waals surface area (Å²) in [5.41, 5.74) is 1.27. The molecule has 0 saturated carbocycles. The minimum absolute atomic E-state index is 0.251. The third-order valence-corrected chi connectivity index (χ3v) is 3.68. The number of carbonyl (C=O) groups is 1. The first-order chi connectivity index (χ1) is 9.20. The number of ether oxygens (including phenoxy) is 1. The van der Waals surface area contributed by atoms with Crippen molar-refractivity contribution in [2.24, 2.45) is 0 Å². The van der Waals surface area contributed by atoms with Crippen LogP contribution in [0.3, 0.4) is 0 Å². The molecule has 4 nitrogen and oxygen atoms in total. The van der Waals surface area contributed by atoms with Gasteiger partial charge in [0.05, 0.1) is 7.11 Å². The Hall–Kier alpha value is -1.55. The van der Waals surface area contributed by atoms with Gasteiger partial charge < -0.3 is 9.84 Å². The molecular formula is C15H21NO3. The molecule has 1 atom stereocenters. The number of likely N-dealkylation sites (tertiary alicyclic amines) is 1. The molecule has 0 radical (unpaired) electrons. The third kappa shape index (κ3) is 3.70. The van der Waals surface area contributed by atoms with Gasteiger partial charge in [-0.05, 0) is 50.0 Å². The van der Waals surface area contributed by atoms with Crippen LogP contribution in [0.5, 0.6) is 5.75 Å². The van der Waals surface area contributed by atoms with Crippen molar-refractivity contribution in [2.45, 2.75) is 31.7 Å². The summed E-state index contributed by atoms with van der Waals surface area (Å²) in [7, 11) is 1.68. The van der Waals surface area contributed by atoms with Crippen molar-refractivity contribution in [2.75, 3.05) is 20.2 Å². The quantitative estimate of drug-likeness (QED) is 0.857. The number of carboxylic acids is 1. The second kappa shape index (κ2) is 6.57. The first-order valence-corrected chi connectivity index (χ1v) is 6.80. The Balaban J connectivity index is 1.99. The second-order valence-corrected chi connectivity index (χ2v) is 4.97. The summed E-state index contributed by atoms with van der Waals surface area (Å²) < 4.78 is 5.27. The Kier molecular flexibility index (Phi) is 4.80. The first-order valence-electron chi connectivity index (χ1n) is 6.80. The van der Waals surface area contributed by atoms with Crippen LogP contribution in [0.1, 0.15) is 37.3 Å². The summed E-state index contributed by atoms with van der Waals surface area (Å²) in [4.78, 5) is 13.0. The van der Waals surface area contributed by atoms with Crippen molar-refractivity contribution in [3.8, 4) is 5.75 Å². The SMILES string of the molecule is COc1cccc([C@@H]2CCCN2CCCC(=O)O)c1. The molecule has 1 N–H and O–H groups in total. The highest BCUT2D eigenvalue weighted by Gasteiger charge is 2.25. The van der Waals surface area contributed by atoms with Gasteiger partial charge in [0.15, 0.2) is 0 Å². The number of aliphatic carboxylic acids is 1. The molecule has 1 aromatic carbocycles. The minimum atomic E-state index is -0.711. The van der Waals surface area contributed by atoms with E-state index in [4.69, 9.17) is 9.84 Å². The summed E-state index contributed by atoms with van der Waals surface area (Å²) in [6.45, 7) is 1.91. The first kappa shape index (κ1) is 13.9. The second-order valence-electron chi connectivity index (χ2n) is 4.97. The normalized spacial score (nSPS) is 19.5. The van der Waals surface area contributed by atoms with Crippen molar-refractivity contribution < 1.29 is 14.6 Å². The van der Waals surface area contributed by atoms with Gasteiger partial charge in [-0.2, -0.15) is 0 Å². The molecule has 1 aromatic rings. The summed E-state index contributed by atoms with van der Waals surface area (Å²) in [6.07, 6.45) is 3.28. The highest BCUT2D eigenvalue weighted by Crippen LogP contribution is 2.33. The molecule has 1 aliphatic rings. The predicted octanol–water partition coefficient (Wildman–Crippen LogP) is 2.70. The number of carboxylic acid groups (broad SMARTS) is 1. The Bertz CT molecular complexity index is 433. The van der Waals surface area contributed by atoms with Crippen LogP contribution in [0.15, 0.2) is 24.3 Å². The number of hydrogen-bond donors (Lipinski definition) is 1. The summed E-state index contributed by atoms with van der Waals surface area (Å²) >= 11 is 0. The van der Waals surface area contributed by atoms with Gasteiger partial charge in [0.25, 0.3) is 0 Å². The van der Waals surface area contributed by atoms with Crippen LogP contribution in [-0.4, -0.2) is 36.2 Å². The zero-order valence-corrected chi connectivity index (χ0v) is 11.3. The molecule has 0 bridgehead atoms. The molecule has 2 rings (SSSR count). The van der Waals surface area contributed by atoms with Crippen LogP contribution in [0.4, 0.5) is 0 Å². The van der Waals surface area contributed by atoms with Crippen molar-refractivity contribution in [1.82, 2.24) is 4.90 Å². The topological polar surface area (TPSA) is 49.8 Å². The lowest BCUT2D eigenvalue weighted by Crippen LogP contribution is -2.24. The van der Waals surface area contributed by atoms with Crippen molar-refractivity contribution in [1.29, 1.82) is 0 Å². The van der Waals surface area contributed by atoms with E-state index in [0.29, 0.717) is 6.04 Å². The lowest BCUT2D eigenvalue weighted by atomic mass is 10.0. The molecule has 4 heteroatoms. The molecule has 0 amide bonds. The van der Waals surface area contributed by atoms with Crippen LogP contribution in [0.25, 0.3) is 0 Å². The number of rotatable bonds is 6. The fraction of sp³-hybridized carbons (Fsp3) is 0.533.